The van der Waals surface area contributed by atoms with Crippen LogP contribution < -0.4 is 10.2 Å². The molecule has 0 rings (SSSR count). The van der Waals surface area contributed by atoms with Gasteiger partial charge in [0, 0.05) is 6.42 Å². The van der Waals surface area contributed by atoms with Crippen LogP contribution in [0.5, 0.6) is 0 Å². The van der Waals surface area contributed by atoms with E-state index in [0.717, 1.165) is 38.5 Å². The van der Waals surface area contributed by atoms with Crippen LogP contribution in [0.4, 0.5) is 0 Å². The zero-order chi connectivity index (χ0) is 57.7. The Morgan fingerprint density at radius 3 is 0.861 bits per heavy atom. The van der Waals surface area contributed by atoms with Gasteiger partial charge in [0.05, 0.1) is 39.9 Å². The third-order valence-corrected chi connectivity index (χ3v) is 18.1. The topological polar surface area (TPSA) is 108 Å². The molecule has 79 heavy (non-hydrogen) atoms. The average Bonchev–Trinajstić information content (AvgIpc) is 3.42. The molecule has 0 aromatic heterocycles. The SMILES string of the molecule is CCCCCCCCCCCCCCCCCCCCCCCCCCCCCCCCCCCCC(=O)NC(COP(=O)([O-])OCC[N+](C)(C)C)C(O)CCCCCCCCCCCCCCCCCCCCCCCCC. The van der Waals surface area contributed by atoms with Crippen LogP contribution in [0.15, 0.2) is 0 Å². The molecular weight excluding hydrogens is 996 g/mol. The van der Waals surface area contributed by atoms with Crippen molar-refractivity contribution in [3.8, 4) is 0 Å². The number of rotatable bonds is 68. The smallest absolute Gasteiger partial charge is 0.268 e. The van der Waals surface area contributed by atoms with E-state index in [0.29, 0.717) is 23.9 Å². The highest BCUT2D eigenvalue weighted by atomic mass is 31.2. The van der Waals surface area contributed by atoms with Gasteiger partial charge in [-0.25, -0.2) is 0 Å². The number of phosphoric ester groups is 1. The van der Waals surface area contributed by atoms with E-state index in [1.807, 2.05) is 21.1 Å². The molecule has 8 nitrogen and oxygen atoms in total. The number of amides is 1. The van der Waals surface area contributed by atoms with Crippen LogP contribution in [0.25, 0.3) is 0 Å². The van der Waals surface area contributed by atoms with Gasteiger partial charge in [-0.1, -0.05) is 373 Å². The first-order valence-corrected chi connectivity index (χ1v) is 37.3. The lowest BCUT2D eigenvalue weighted by molar-refractivity contribution is -0.870. The van der Waals surface area contributed by atoms with Crippen LogP contribution in [0, 0.1) is 0 Å². The Morgan fingerprint density at radius 2 is 0.620 bits per heavy atom. The van der Waals surface area contributed by atoms with E-state index in [9.17, 15) is 19.4 Å². The number of phosphoric acid groups is 1. The first-order chi connectivity index (χ1) is 38.5. The van der Waals surface area contributed by atoms with Crippen molar-refractivity contribution < 1.29 is 32.9 Å². The fraction of sp³-hybridized carbons (Fsp3) is 0.986. The summed E-state index contributed by atoms with van der Waals surface area (Å²) in [6.45, 7) is 4.80. The minimum Gasteiger partial charge on any atom is -0.756 e. The molecule has 0 fully saturated rings. The summed E-state index contributed by atoms with van der Waals surface area (Å²) in [5.41, 5.74) is 0. The molecule has 0 aliphatic rings. The molecule has 9 heteroatoms. The first kappa shape index (κ1) is 78.5. The summed E-state index contributed by atoms with van der Waals surface area (Å²) in [4.78, 5) is 25.7. The van der Waals surface area contributed by atoms with Crippen molar-refractivity contribution in [2.24, 2.45) is 0 Å². The number of likely N-dealkylation sites (N-methyl/N-ethyl adjacent to an activating group) is 1. The van der Waals surface area contributed by atoms with Gasteiger partial charge < -0.3 is 28.8 Å². The Hall–Kier alpha value is -0.500. The highest BCUT2D eigenvalue weighted by molar-refractivity contribution is 7.45. The van der Waals surface area contributed by atoms with Gasteiger partial charge in [-0.15, -0.1) is 0 Å². The van der Waals surface area contributed by atoms with Gasteiger partial charge in [0.1, 0.15) is 13.2 Å². The fourth-order valence-electron chi connectivity index (χ4n) is 11.5. The first-order valence-electron chi connectivity index (χ1n) is 35.9. The molecule has 0 bridgehead atoms. The third kappa shape index (κ3) is 64.9. The highest BCUT2D eigenvalue weighted by Crippen LogP contribution is 2.38. The number of nitrogens with zero attached hydrogens (tertiary/aromatic N) is 1. The minimum absolute atomic E-state index is 0.0170. The van der Waals surface area contributed by atoms with Gasteiger partial charge in [-0.2, -0.15) is 0 Å². The molecule has 0 saturated carbocycles. The molecule has 3 atom stereocenters. The summed E-state index contributed by atoms with van der Waals surface area (Å²) >= 11 is 0. The predicted molar refractivity (Wildman–Crippen MR) is 344 cm³/mol. The zero-order valence-electron chi connectivity index (χ0n) is 54.4. The number of carbonyl (C=O) groups is 1. The molecular formula is C70H143N2O6P. The summed E-state index contributed by atoms with van der Waals surface area (Å²) in [6.07, 6.45) is 77.6. The van der Waals surface area contributed by atoms with Crippen molar-refractivity contribution in [1.82, 2.24) is 5.32 Å². The molecule has 2 N–H and O–H groups in total. The van der Waals surface area contributed by atoms with E-state index >= 15 is 0 Å². The van der Waals surface area contributed by atoms with Crippen LogP contribution in [0.2, 0.25) is 0 Å². The van der Waals surface area contributed by atoms with Crippen molar-refractivity contribution >= 4 is 13.7 Å². The third-order valence-electron chi connectivity index (χ3n) is 17.1. The molecule has 0 saturated heterocycles. The molecule has 0 spiro atoms. The van der Waals surface area contributed by atoms with Crippen molar-refractivity contribution in [3.63, 3.8) is 0 Å². The maximum Gasteiger partial charge on any atom is 0.268 e. The van der Waals surface area contributed by atoms with Crippen LogP contribution >= 0.6 is 7.82 Å². The van der Waals surface area contributed by atoms with E-state index in [1.54, 1.807) is 0 Å². The number of aliphatic hydroxyl groups is 1. The van der Waals surface area contributed by atoms with Crippen LogP contribution in [0.3, 0.4) is 0 Å². The van der Waals surface area contributed by atoms with Crippen LogP contribution in [0.1, 0.15) is 393 Å². The molecule has 0 aliphatic heterocycles. The van der Waals surface area contributed by atoms with E-state index in [4.69, 9.17) is 9.05 Å². The van der Waals surface area contributed by atoms with Crippen molar-refractivity contribution in [1.29, 1.82) is 0 Å². The van der Waals surface area contributed by atoms with Gasteiger partial charge in [0.15, 0.2) is 0 Å². The summed E-state index contributed by atoms with van der Waals surface area (Å²) in [7, 11) is 1.33. The minimum atomic E-state index is -4.57. The standard InChI is InChI=1S/C70H143N2O6P/c1-6-8-10-12-14-16-18-20-22-24-26-28-30-31-32-33-34-35-36-37-38-39-40-42-44-46-48-50-52-54-56-58-60-62-64-70(74)71-68(67-78-79(75,76)77-66-65-72(3,4)5)69(73)63-61-59-57-55-53-51-49-47-45-43-41-29-27-25-23-21-19-17-15-13-11-9-7-2/h68-69,73H,6-67H2,1-5H3,(H-,71,74,75,76). The van der Waals surface area contributed by atoms with Gasteiger partial charge in [0.2, 0.25) is 5.91 Å². The quantitative estimate of drug-likeness (QED) is 0.0357. The molecule has 3 unspecified atom stereocenters. The van der Waals surface area contributed by atoms with Gasteiger partial charge in [-0.05, 0) is 12.8 Å². The monoisotopic (exact) mass is 1140 g/mol. The van der Waals surface area contributed by atoms with Crippen LogP contribution in [-0.2, 0) is 18.4 Å². The van der Waals surface area contributed by atoms with Crippen LogP contribution in [-0.4, -0.2) is 68.5 Å². The molecule has 1 amide bonds. The molecule has 0 aliphatic carbocycles. The number of aliphatic hydroxyl groups excluding tert-OH is 1. The second kappa shape index (κ2) is 62.0. The maximum atomic E-state index is 13.1. The summed E-state index contributed by atoms with van der Waals surface area (Å²) in [6, 6.07) is -0.797. The van der Waals surface area contributed by atoms with E-state index in [2.05, 4.69) is 19.2 Å². The van der Waals surface area contributed by atoms with Crippen molar-refractivity contribution in [3.05, 3.63) is 0 Å². The Balaban J connectivity index is 3.93. The number of nitrogens with one attached hydrogen (secondary N) is 1. The van der Waals surface area contributed by atoms with Gasteiger partial charge in [0.25, 0.3) is 7.82 Å². The normalized spacial score (nSPS) is 13.6. The Morgan fingerprint density at radius 1 is 0.392 bits per heavy atom. The van der Waals surface area contributed by atoms with E-state index in [1.165, 1.54) is 327 Å². The van der Waals surface area contributed by atoms with E-state index < -0.39 is 20.0 Å². The van der Waals surface area contributed by atoms with Gasteiger partial charge >= 0.3 is 0 Å². The number of hydrogen-bond acceptors (Lipinski definition) is 6. The zero-order valence-corrected chi connectivity index (χ0v) is 55.3. The number of carbonyl (C=O) groups excluding carboxylic acids is 1. The lowest BCUT2D eigenvalue weighted by atomic mass is 10.0. The van der Waals surface area contributed by atoms with Crippen molar-refractivity contribution in [2.45, 2.75) is 405 Å². The number of hydrogen-bond donors (Lipinski definition) is 2. The number of quaternary nitrogens is 1. The predicted octanol–water partition coefficient (Wildman–Crippen LogP) is 22.1. The Labute approximate surface area is 495 Å². The average molecular weight is 1140 g/mol. The maximum absolute atomic E-state index is 13.1. The molecule has 474 valence electrons. The second-order valence-electron chi connectivity index (χ2n) is 26.3. The van der Waals surface area contributed by atoms with Gasteiger partial charge in [-0.3, -0.25) is 9.36 Å². The second-order valence-corrected chi connectivity index (χ2v) is 27.7. The summed E-state index contributed by atoms with van der Waals surface area (Å²) < 4.78 is 23.5. The van der Waals surface area contributed by atoms with Crippen molar-refractivity contribution in [2.75, 3.05) is 40.9 Å². The largest absolute Gasteiger partial charge is 0.756 e. The Kier molecular flexibility index (Phi) is 61.7. The highest BCUT2D eigenvalue weighted by Gasteiger charge is 2.24. The summed E-state index contributed by atoms with van der Waals surface area (Å²) in [5.74, 6) is -0.153. The Bertz CT molecular complexity index is 1250. The fourth-order valence-corrected chi connectivity index (χ4v) is 12.2. The molecule has 0 radical (unpaired) electrons. The lowest BCUT2D eigenvalue weighted by Crippen LogP contribution is -2.46. The summed E-state index contributed by atoms with van der Waals surface area (Å²) in [5, 5.41) is 14.1. The molecule has 0 aromatic carbocycles. The van der Waals surface area contributed by atoms with E-state index in [-0.39, 0.29) is 19.1 Å². The molecule has 0 heterocycles. The number of unbranched alkanes of at least 4 members (excludes halogenated alkanes) is 55. The lowest BCUT2D eigenvalue weighted by Gasteiger charge is -2.30. The molecule has 0 aromatic rings.